The number of ether oxygens (including phenoxy) is 1. The Hall–Kier alpha value is -1.44. The van der Waals surface area contributed by atoms with Crippen LogP contribution in [0.25, 0.3) is 0 Å². The summed E-state index contributed by atoms with van der Waals surface area (Å²) >= 11 is 0. The molecule has 2 rings (SSSR count). The average molecular weight is 312 g/mol. The van der Waals surface area contributed by atoms with E-state index in [0.29, 0.717) is 5.56 Å². The lowest BCUT2D eigenvalue weighted by Crippen LogP contribution is -2.40. The maximum Gasteiger partial charge on any atom is 0.251 e. The number of amides is 1. The zero-order valence-corrected chi connectivity index (χ0v) is 12.9. The molecule has 2 atom stereocenters. The Morgan fingerprint density at radius 1 is 1.33 bits per heavy atom. The normalized spacial score (nSPS) is 20.2. The van der Waals surface area contributed by atoms with E-state index in [9.17, 15) is 13.2 Å². The van der Waals surface area contributed by atoms with E-state index in [1.165, 1.54) is 31.3 Å². The summed E-state index contributed by atoms with van der Waals surface area (Å²) in [6.45, 7) is 2.65. The predicted molar refractivity (Wildman–Crippen MR) is 78.6 cm³/mol. The molecule has 0 saturated carbocycles. The third kappa shape index (κ3) is 3.81. The van der Waals surface area contributed by atoms with Crippen LogP contribution in [0.5, 0.6) is 0 Å². The highest BCUT2D eigenvalue weighted by atomic mass is 32.2. The zero-order chi connectivity index (χ0) is 15.5. The molecule has 7 heteroatoms. The molecule has 2 N–H and O–H groups in total. The van der Waals surface area contributed by atoms with Crippen molar-refractivity contribution in [2.24, 2.45) is 0 Å². The summed E-state index contributed by atoms with van der Waals surface area (Å²) in [5, 5.41) is 2.88. The monoisotopic (exact) mass is 312 g/mol. The molecule has 116 valence electrons. The Labute approximate surface area is 124 Å². The van der Waals surface area contributed by atoms with E-state index in [1.54, 1.807) is 0 Å². The maximum atomic E-state index is 12.1. The van der Waals surface area contributed by atoms with E-state index in [1.807, 2.05) is 6.92 Å². The van der Waals surface area contributed by atoms with Gasteiger partial charge in [0.1, 0.15) is 0 Å². The van der Waals surface area contributed by atoms with Crippen molar-refractivity contribution in [2.75, 3.05) is 13.7 Å². The van der Waals surface area contributed by atoms with Crippen molar-refractivity contribution in [1.29, 1.82) is 0 Å². The summed E-state index contributed by atoms with van der Waals surface area (Å²) < 4.78 is 31.0. The molecule has 0 aliphatic carbocycles. The molecule has 1 aliphatic rings. The Morgan fingerprint density at radius 2 is 2.00 bits per heavy atom. The minimum atomic E-state index is -3.48. The third-order valence-electron chi connectivity index (χ3n) is 3.58. The van der Waals surface area contributed by atoms with Crippen LogP contribution in [0, 0.1) is 0 Å². The first kappa shape index (κ1) is 15.9. The Morgan fingerprint density at radius 3 is 2.52 bits per heavy atom. The van der Waals surface area contributed by atoms with E-state index in [-0.39, 0.29) is 22.9 Å². The van der Waals surface area contributed by atoms with Gasteiger partial charge in [-0.15, -0.1) is 0 Å². The number of carbonyl (C=O) groups excluding carboxylic acids is 1. The lowest BCUT2D eigenvalue weighted by atomic mass is 10.1. The Balaban J connectivity index is 2.03. The van der Waals surface area contributed by atoms with Gasteiger partial charge in [-0.05, 0) is 51.1 Å². The number of carbonyl (C=O) groups is 1. The minimum absolute atomic E-state index is 0.0536. The molecule has 1 aliphatic heterocycles. The first-order valence-corrected chi connectivity index (χ1v) is 8.38. The zero-order valence-electron chi connectivity index (χ0n) is 12.1. The van der Waals surface area contributed by atoms with Crippen LogP contribution >= 0.6 is 0 Å². The average Bonchev–Trinajstić information content (AvgIpc) is 3.01. The second-order valence-electron chi connectivity index (χ2n) is 5.05. The second kappa shape index (κ2) is 6.55. The maximum absolute atomic E-state index is 12.1. The second-order valence-corrected chi connectivity index (χ2v) is 6.93. The molecule has 1 aromatic carbocycles. The molecule has 0 bridgehead atoms. The van der Waals surface area contributed by atoms with E-state index in [0.717, 1.165) is 19.4 Å². The van der Waals surface area contributed by atoms with E-state index in [4.69, 9.17) is 4.74 Å². The highest BCUT2D eigenvalue weighted by molar-refractivity contribution is 7.89. The fourth-order valence-electron chi connectivity index (χ4n) is 2.28. The summed E-state index contributed by atoms with van der Waals surface area (Å²) in [4.78, 5) is 12.2. The molecule has 6 nitrogen and oxygen atoms in total. The molecule has 0 radical (unpaired) electrons. The molecule has 0 aromatic heterocycles. The molecule has 1 saturated heterocycles. The van der Waals surface area contributed by atoms with Gasteiger partial charge in [0, 0.05) is 12.2 Å². The topological polar surface area (TPSA) is 84.5 Å². The minimum Gasteiger partial charge on any atom is -0.376 e. The van der Waals surface area contributed by atoms with Gasteiger partial charge in [0.2, 0.25) is 10.0 Å². The molecular weight excluding hydrogens is 292 g/mol. The summed E-state index contributed by atoms with van der Waals surface area (Å²) in [6.07, 6.45) is 2.01. The van der Waals surface area contributed by atoms with Crippen molar-refractivity contribution < 1.29 is 17.9 Å². The Kier molecular flexibility index (Phi) is 4.97. The lowest BCUT2D eigenvalue weighted by Gasteiger charge is -2.20. The van der Waals surface area contributed by atoms with Crippen molar-refractivity contribution in [3.63, 3.8) is 0 Å². The molecule has 0 unspecified atom stereocenters. The number of sulfonamides is 1. The predicted octanol–water partition coefficient (Wildman–Crippen LogP) is 0.892. The van der Waals surface area contributed by atoms with Gasteiger partial charge < -0.3 is 10.1 Å². The number of hydrogen-bond donors (Lipinski definition) is 2. The van der Waals surface area contributed by atoms with Gasteiger partial charge in [-0.25, -0.2) is 13.1 Å². The largest absolute Gasteiger partial charge is 0.376 e. The van der Waals surface area contributed by atoms with Crippen LogP contribution in [0.1, 0.15) is 30.1 Å². The number of nitrogens with one attached hydrogen (secondary N) is 2. The third-order valence-corrected chi connectivity index (χ3v) is 5.01. The smallest absolute Gasteiger partial charge is 0.251 e. The van der Waals surface area contributed by atoms with Crippen LogP contribution in [-0.2, 0) is 14.8 Å². The van der Waals surface area contributed by atoms with Crippen LogP contribution in [0.15, 0.2) is 29.2 Å². The number of rotatable bonds is 5. The summed E-state index contributed by atoms with van der Waals surface area (Å²) in [5.74, 6) is -0.230. The SMILES string of the molecule is CNS(=O)(=O)c1ccc(C(=O)N[C@H](C)[C@H]2CCCO2)cc1. The molecule has 21 heavy (non-hydrogen) atoms. The van der Waals surface area contributed by atoms with Gasteiger partial charge in [0.15, 0.2) is 0 Å². The molecule has 1 amide bonds. The Bertz CT molecular complexity index is 592. The fourth-order valence-corrected chi connectivity index (χ4v) is 3.01. The summed E-state index contributed by atoms with van der Waals surface area (Å²) in [5.41, 5.74) is 0.426. The molecule has 1 fully saturated rings. The first-order valence-electron chi connectivity index (χ1n) is 6.90. The molecule has 0 spiro atoms. The van der Waals surface area contributed by atoms with E-state index in [2.05, 4.69) is 10.0 Å². The van der Waals surface area contributed by atoms with Crippen LogP contribution in [-0.4, -0.2) is 40.1 Å². The number of hydrogen-bond acceptors (Lipinski definition) is 4. The van der Waals surface area contributed by atoms with Gasteiger partial charge in [-0.1, -0.05) is 0 Å². The lowest BCUT2D eigenvalue weighted by molar-refractivity contribution is 0.0712. The van der Waals surface area contributed by atoms with E-state index < -0.39 is 10.0 Å². The van der Waals surface area contributed by atoms with Crippen LogP contribution in [0.2, 0.25) is 0 Å². The van der Waals surface area contributed by atoms with Crippen molar-refractivity contribution >= 4 is 15.9 Å². The van der Waals surface area contributed by atoms with Gasteiger partial charge in [0.25, 0.3) is 5.91 Å². The standard InChI is InChI=1S/C14H20N2O4S/c1-10(13-4-3-9-20-13)16-14(17)11-5-7-12(8-6-11)21(18,19)15-2/h5-8,10,13,15H,3-4,9H2,1-2H3,(H,16,17)/t10-,13-/m1/s1. The van der Waals surface area contributed by atoms with Crippen molar-refractivity contribution in [3.05, 3.63) is 29.8 Å². The van der Waals surface area contributed by atoms with E-state index >= 15 is 0 Å². The van der Waals surface area contributed by atoms with Crippen molar-refractivity contribution in [1.82, 2.24) is 10.0 Å². The van der Waals surface area contributed by atoms with Crippen LogP contribution in [0.3, 0.4) is 0 Å². The van der Waals surface area contributed by atoms with Gasteiger partial charge in [0.05, 0.1) is 17.0 Å². The van der Waals surface area contributed by atoms with Gasteiger partial charge in [-0.3, -0.25) is 4.79 Å². The summed E-state index contributed by atoms with van der Waals surface area (Å²) in [6, 6.07) is 5.76. The quantitative estimate of drug-likeness (QED) is 0.846. The molecular formula is C14H20N2O4S. The highest BCUT2D eigenvalue weighted by Gasteiger charge is 2.24. The van der Waals surface area contributed by atoms with Crippen LogP contribution in [0.4, 0.5) is 0 Å². The number of benzene rings is 1. The first-order chi connectivity index (χ1) is 9.94. The fraction of sp³-hybridized carbons (Fsp3) is 0.500. The van der Waals surface area contributed by atoms with Crippen LogP contribution < -0.4 is 10.0 Å². The summed E-state index contributed by atoms with van der Waals surface area (Å²) in [7, 11) is -2.13. The van der Waals surface area contributed by atoms with Gasteiger partial charge in [-0.2, -0.15) is 0 Å². The van der Waals surface area contributed by atoms with Gasteiger partial charge >= 0.3 is 0 Å². The molecule has 1 heterocycles. The van der Waals surface area contributed by atoms with Crippen molar-refractivity contribution in [2.45, 2.75) is 36.8 Å². The molecule has 1 aromatic rings. The highest BCUT2D eigenvalue weighted by Crippen LogP contribution is 2.16. The van der Waals surface area contributed by atoms with Crippen molar-refractivity contribution in [3.8, 4) is 0 Å².